The summed E-state index contributed by atoms with van der Waals surface area (Å²) in [4.78, 5) is 29.9. The van der Waals surface area contributed by atoms with Crippen LogP contribution in [-0.4, -0.2) is 59.0 Å². The Kier molecular flexibility index (Phi) is 4.71. The lowest BCUT2D eigenvalue weighted by Crippen LogP contribution is -2.45. The zero-order valence-corrected chi connectivity index (χ0v) is 14.3. The van der Waals surface area contributed by atoms with E-state index in [0.717, 1.165) is 43.5 Å². The van der Waals surface area contributed by atoms with Crippen molar-refractivity contribution in [2.24, 2.45) is 0 Å². The van der Waals surface area contributed by atoms with Crippen molar-refractivity contribution in [2.75, 3.05) is 43.4 Å². The quantitative estimate of drug-likeness (QED) is 0.921. The number of hydrogen-bond donors (Lipinski definition) is 1. The number of piperazine rings is 1. The first-order valence-electron chi connectivity index (χ1n) is 8.04. The predicted octanol–water partition coefficient (Wildman–Crippen LogP) is 1.49. The Morgan fingerprint density at radius 2 is 1.62 bits per heavy atom. The van der Waals surface area contributed by atoms with Crippen LogP contribution in [0.1, 0.15) is 21.7 Å². The predicted molar refractivity (Wildman–Crippen MR) is 93.4 cm³/mol. The number of anilines is 2. The number of nitrogens with zero attached hydrogens (tertiary/aromatic N) is 5. The third-order valence-electron chi connectivity index (χ3n) is 4.23. The van der Waals surface area contributed by atoms with Gasteiger partial charge < -0.3 is 15.1 Å². The van der Waals surface area contributed by atoms with Gasteiger partial charge in [0, 0.05) is 44.1 Å². The van der Waals surface area contributed by atoms with Crippen molar-refractivity contribution in [3.63, 3.8) is 0 Å². The molecule has 0 unspecified atom stereocenters. The normalized spacial score (nSPS) is 15.4. The van der Waals surface area contributed by atoms with E-state index in [1.165, 1.54) is 0 Å². The Labute approximate surface area is 141 Å². The van der Waals surface area contributed by atoms with Crippen molar-refractivity contribution in [3.05, 3.63) is 41.5 Å². The molecule has 2 aromatic heterocycles. The molecule has 3 rings (SSSR count). The summed E-state index contributed by atoms with van der Waals surface area (Å²) in [6.45, 7) is 7.63. The third-order valence-corrected chi connectivity index (χ3v) is 4.23. The number of likely N-dealkylation sites (N-methyl/N-ethyl adjacent to an activating group) is 1. The van der Waals surface area contributed by atoms with Crippen LogP contribution in [0.5, 0.6) is 0 Å². The number of carbonyl (C=O) groups excluding carboxylic acids is 1. The largest absolute Gasteiger partial charge is 0.338 e. The highest BCUT2D eigenvalue weighted by atomic mass is 16.1. The van der Waals surface area contributed by atoms with Crippen LogP contribution in [0.3, 0.4) is 0 Å². The maximum atomic E-state index is 12.3. The van der Waals surface area contributed by atoms with Gasteiger partial charge in [-0.2, -0.15) is 0 Å². The Bertz CT molecular complexity index is 702. The lowest BCUT2D eigenvalue weighted by molar-refractivity contribution is 0.102. The van der Waals surface area contributed by atoms with E-state index in [4.69, 9.17) is 0 Å². The Hall–Kier alpha value is -2.54. The fourth-order valence-corrected chi connectivity index (χ4v) is 2.72. The minimum atomic E-state index is -0.181. The summed E-state index contributed by atoms with van der Waals surface area (Å²) in [6, 6.07) is 3.36. The van der Waals surface area contributed by atoms with Crippen molar-refractivity contribution < 1.29 is 4.79 Å². The van der Waals surface area contributed by atoms with Crippen LogP contribution in [0.15, 0.2) is 24.5 Å². The number of nitrogens with one attached hydrogen (secondary N) is 1. The molecule has 1 N–H and O–H groups in total. The molecular weight excluding hydrogens is 304 g/mol. The van der Waals surface area contributed by atoms with E-state index >= 15 is 0 Å². The summed E-state index contributed by atoms with van der Waals surface area (Å²) in [5.41, 5.74) is 2.79. The summed E-state index contributed by atoms with van der Waals surface area (Å²) in [5.74, 6) is 0.555. The summed E-state index contributed by atoms with van der Waals surface area (Å²) in [6.07, 6.45) is 3.20. The minimum absolute atomic E-state index is 0.181. The molecular formula is C17H22N6O. The SMILES string of the molecule is Cc1nc(N2CCN(C)CC2)nc(C)c1NC(=O)c1ccncc1. The number of rotatable bonds is 3. The lowest BCUT2D eigenvalue weighted by atomic mass is 10.2. The lowest BCUT2D eigenvalue weighted by Gasteiger charge is -2.32. The molecule has 0 radical (unpaired) electrons. The second-order valence-corrected chi connectivity index (χ2v) is 6.05. The van der Waals surface area contributed by atoms with Gasteiger partial charge in [0.15, 0.2) is 0 Å². The van der Waals surface area contributed by atoms with E-state index in [2.05, 4.69) is 37.1 Å². The molecule has 0 spiro atoms. The van der Waals surface area contributed by atoms with E-state index in [0.29, 0.717) is 11.3 Å². The van der Waals surface area contributed by atoms with E-state index in [9.17, 15) is 4.79 Å². The highest BCUT2D eigenvalue weighted by Crippen LogP contribution is 2.21. The number of aromatic nitrogens is 3. The van der Waals surface area contributed by atoms with Crippen LogP contribution >= 0.6 is 0 Å². The summed E-state index contributed by atoms with van der Waals surface area (Å²) >= 11 is 0. The summed E-state index contributed by atoms with van der Waals surface area (Å²) in [7, 11) is 2.12. The highest BCUT2D eigenvalue weighted by Gasteiger charge is 2.19. The molecule has 0 saturated carbocycles. The fourth-order valence-electron chi connectivity index (χ4n) is 2.72. The molecule has 1 fully saturated rings. The molecule has 0 bridgehead atoms. The minimum Gasteiger partial charge on any atom is -0.338 e. The molecule has 7 nitrogen and oxygen atoms in total. The second-order valence-electron chi connectivity index (χ2n) is 6.05. The Balaban J connectivity index is 1.79. The number of pyridine rings is 1. The van der Waals surface area contributed by atoms with Gasteiger partial charge >= 0.3 is 0 Å². The number of aryl methyl sites for hydroxylation is 2. The zero-order valence-electron chi connectivity index (χ0n) is 14.3. The average Bonchev–Trinajstić information content (AvgIpc) is 2.59. The number of carbonyl (C=O) groups is 1. The van der Waals surface area contributed by atoms with Gasteiger partial charge in [-0.05, 0) is 33.0 Å². The van der Waals surface area contributed by atoms with Crippen LogP contribution in [0.2, 0.25) is 0 Å². The van der Waals surface area contributed by atoms with E-state index in [1.54, 1.807) is 24.5 Å². The smallest absolute Gasteiger partial charge is 0.255 e. The maximum absolute atomic E-state index is 12.3. The van der Waals surface area contributed by atoms with Gasteiger partial charge in [-0.3, -0.25) is 9.78 Å². The number of amides is 1. The first kappa shape index (κ1) is 16.3. The molecule has 1 aliphatic heterocycles. The van der Waals surface area contributed by atoms with Crippen molar-refractivity contribution in [2.45, 2.75) is 13.8 Å². The molecule has 24 heavy (non-hydrogen) atoms. The molecule has 1 aliphatic rings. The van der Waals surface area contributed by atoms with Crippen LogP contribution in [0, 0.1) is 13.8 Å². The topological polar surface area (TPSA) is 74.2 Å². The number of hydrogen-bond acceptors (Lipinski definition) is 6. The average molecular weight is 326 g/mol. The van der Waals surface area contributed by atoms with Gasteiger partial charge in [0.2, 0.25) is 5.95 Å². The third kappa shape index (κ3) is 3.51. The highest BCUT2D eigenvalue weighted by molar-refractivity contribution is 6.04. The van der Waals surface area contributed by atoms with Gasteiger partial charge in [-0.15, -0.1) is 0 Å². The van der Waals surface area contributed by atoms with Crippen LogP contribution < -0.4 is 10.2 Å². The standard InChI is InChI=1S/C17H22N6O/c1-12-15(21-16(24)14-4-6-18-7-5-14)13(2)20-17(19-12)23-10-8-22(3)9-11-23/h4-7H,8-11H2,1-3H3,(H,21,24). The molecule has 1 amide bonds. The Morgan fingerprint density at radius 1 is 1.04 bits per heavy atom. The van der Waals surface area contributed by atoms with Gasteiger partial charge in [-0.1, -0.05) is 0 Å². The van der Waals surface area contributed by atoms with Crippen molar-refractivity contribution in [3.8, 4) is 0 Å². The molecule has 0 aliphatic carbocycles. The fraction of sp³-hybridized carbons (Fsp3) is 0.412. The van der Waals surface area contributed by atoms with Gasteiger partial charge in [0.25, 0.3) is 5.91 Å². The van der Waals surface area contributed by atoms with Crippen LogP contribution in [0.4, 0.5) is 11.6 Å². The summed E-state index contributed by atoms with van der Waals surface area (Å²) in [5, 5.41) is 2.91. The van der Waals surface area contributed by atoms with Crippen molar-refractivity contribution in [1.29, 1.82) is 0 Å². The van der Waals surface area contributed by atoms with Crippen LogP contribution in [-0.2, 0) is 0 Å². The van der Waals surface area contributed by atoms with Crippen molar-refractivity contribution in [1.82, 2.24) is 19.9 Å². The molecule has 0 atom stereocenters. The van der Waals surface area contributed by atoms with Gasteiger partial charge in [0.05, 0.1) is 17.1 Å². The second kappa shape index (κ2) is 6.92. The molecule has 1 saturated heterocycles. The van der Waals surface area contributed by atoms with Crippen LogP contribution in [0.25, 0.3) is 0 Å². The molecule has 0 aromatic carbocycles. The van der Waals surface area contributed by atoms with Gasteiger partial charge in [0.1, 0.15) is 0 Å². The Morgan fingerprint density at radius 3 is 2.21 bits per heavy atom. The monoisotopic (exact) mass is 326 g/mol. The first-order valence-corrected chi connectivity index (χ1v) is 8.04. The molecule has 3 heterocycles. The first-order chi connectivity index (χ1) is 11.5. The van der Waals surface area contributed by atoms with Crippen molar-refractivity contribution >= 4 is 17.5 Å². The zero-order chi connectivity index (χ0) is 17.1. The summed E-state index contributed by atoms with van der Waals surface area (Å²) < 4.78 is 0. The van der Waals surface area contributed by atoms with E-state index in [1.807, 2.05) is 13.8 Å². The van der Waals surface area contributed by atoms with E-state index in [-0.39, 0.29) is 5.91 Å². The van der Waals surface area contributed by atoms with E-state index < -0.39 is 0 Å². The molecule has 126 valence electrons. The van der Waals surface area contributed by atoms with Gasteiger partial charge in [-0.25, -0.2) is 9.97 Å². The molecule has 2 aromatic rings. The molecule has 7 heteroatoms. The maximum Gasteiger partial charge on any atom is 0.255 e.